The standard InChI is InChI=1S/C10H17BrN2O.ClH/c1-10(2,12)7-13(3)6-8-4-5-9(11)14-8;/h4-5H,6-7,12H2,1-3H3;1H. The van der Waals surface area contributed by atoms with Crippen LogP contribution in [0.25, 0.3) is 0 Å². The van der Waals surface area contributed by atoms with Crippen molar-refractivity contribution in [3.63, 3.8) is 0 Å². The van der Waals surface area contributed by atoms with Crippen molar-refractivity contribution in [2.75, 3.05) is 13.6 Å². The second-order valence-electron chi connectivity index (χ2n) is 4.37. The van der Waals surface area contributed by atoms with E-state index in [0.717, 1.165) is 23.5 Å². The van der Waals surface area contributed by atoms with Crippen LogP contribution in [0, 0.1) is 0 Å². The van der Waals surface area contributed by atoms with Crippen molar-refractivity contribution < 1.29 is 4.42 Å². The van der Waals surface area contributed by atoms with Gasteiger partial charge in [-0.05, 0) is 49.0 Å². The Bertz CT molecular complexity index is 296. The minimum atomic E-state index is -0.168. The largest absolute Gasteiger partial charge is 0.453 e. The molecule has 0 spiro atoms. The molecule has 1 aromatic rings. The highest BCUT2D eigenvalue weighted by Crippen LogP contribution is 2.15. The molecule has 0 radical (unpaired) electrons. The summed E-state index contributed by atoms with van der Waals surface area (Å²) >= 11 is 3.27. The minimum absolute atomic E-state index is 0. The summed E-state index contributed by atoms with van der Waals surface area (Å²) < 4.78 is 6.17. The highest BCUT2D eigenvalue weighted by Gasteiger charge is 2.14. The number of likely N-dealkylation sites (N-methyl/N-ethyl adjacent to an activating group) is 1. The Morgan fingerprint density at radius 1 is 1.47 bits per heavy atom. The second-order valence-corrected chi connectivity index (χ2v) is 5.15. The molecule has 1 rings (SSSR count). The Balaban J connectivity index is 0.00000196. The molecule has 0 aliphatic carbocycles. The third kappa shape index (κ3) is 6.20. The molecule has 0 bridgehead atoms. The molecule has 1 heterocycles. The SMILES string of the molecule is CN(Cc1ccc(Br)o1)CC(C)(C)N.Cl. The molecule has 0 aliphatic heterocycles. The smallest absolute Gasteiger partial charge is 0.169 e. The summed E-state index contributed by atoms with van der Waals surface area (Å²) in [6.07, 6.45) is 0. The monoisotopic (exact) mass is 296 g/mol. The number of hydrogen-bond donors (Lipinski definition) is 1. The van der Waals surface area contributed by atoms with Crippen molar-refractivity contribution >= 4 is 28.3 Å². The van der Waals surface area contributed by atoms with Crippen LogP contribution in [-0.4, -0.2) is 24.0 Å². The van der Waals surface area contributed by atoms with E-state index < -0.39 is 0 Å². The predicted molar refractivity (Wildman–Crippen MR) is 68.3 cm³/mol. The van der Waals surface area contributed by atoms with Crippen molar-refractivity contribution in [3.8, 4) is 0 Å². The van der Waals surface area contributed by atoms with Crippen molar-refractivity contribution in [1.29, 1.82) is 0 Å². The van der Waals surface area contributed by atoms with E-state index in [4.69, 9.17) is 10.2 Å². The number of rotatable bonds is 4. The molecule has 1 aromatic heterocycles. The molecule has 88 valence electrons. The van der Waals surface area contributed by atoms with Crippen LogP contribution < -0.4 is 5.73 Å². The third-order valence-electron chi connectivity index (χ3n) is 1.73. The van der Waals surface area contributed by atoms with Gasteiger partial charge in [-0.2, -0.15) is 0 Å². The molecule has 0 amide bonds. The molecule has 3 nitrogen and oxygen atoms in total. The van der Waals surface area contributed by atoms with Gasteiger partial charge >= 0.3 is 0 Å². The lowest BCUT2D eigenvalue weighted by atomic mass is 10.1. The van der Waals surface area contributed by atoms with Crippen molar-refractivity contribution in [3.05, 3.63) is 22.6 Å². The van der Waals surface area contributed by atoms with Crippen LogP contribution in [0.4, 0.5) is 0 Å². The van der Waals surface area contributed by atoms with Gasteiger partial charge in [-0.15, -0.1) is 12.4 Å². The quantitative estimate of drug-likeness (QED) is 0.929. The van der Waals surface area contributed by atoms with Crippen molar-refractivity contribution in [2.24, 2.45) is 5.73 Å². The minimum Gasteiger partial charge on any atom is -0.453 e. The summed E-state index contributed by atoms with van der Waals surface area (Å²) in [5.74, 6) is 0.948. The fourth-order valence-electron chi connectivity index (χ4n) is 1.45. The Morgan fingerprint density at radius 2 is 2.07 bits per heavy atom. The second kappa shape index (κ2) is 5.89. The van der Waals surface area contributed by atoms with E-state index in [0.29, 0.717) is 0 Å². The van der Waals surface area contributed by atoms with Gasteiger partial charge in [0.15, 0.2) is 4.67 Å². The van der Waals surface area contributed by atoms with Crippen molar-refractivity contribution in [2.45, 2.75) is 25.9 Å². The van der Waals surface area contributed by atoms with Gasteiger partial charge in [-0.1, -0.05) is 0 Å². The van der Waals surface area contributed by atoms with E-state index in [-0.39, 0.29) is 17.9 Å². The number of furan rings is 1. The van der Waals surface area contributed by atoms with Gasteiger partial charge < -0.3 is 10.2 Å². The molecular weight excluding hydrogens is 279 g/mol. The Labute approximate surface area is 106 Å². The molecule has 0 atom stereocenters. The van der Waals surface area contributed by atoms with E-state index in [2.05, 4.69) is 20.8 Å². The lowest BCUT2D eigenvalue weighted by molar-refractivity contribution is 0.243. The van der Waals surface area contributed by atoms with Gasteiger partial charge in [0.2, 0.25) is 0 Å². The molecule has 0 fully saturated rings. The zero-order valence-electron chi connectivity index (χ0n) is 9.29. The summed E-state index contributed by atoms with van der Waals surface area (Å²) in [6, 6.07) is 3.86. The molecule has 2 N–H and O–H groups in total. The Kier molecular flexibility index (Phi) is 5.88. The molecule has 0 aliphatic rings. The van der Waals surface area contributed by atoms with E-state index in [1.54, 1.807) is 0 Å². The Morgan fingerprint density at radius 3 is 2.47 bits per heavy atom. The van der Waals surface area contributed by atoms with E-state index in [9.17, 15) is 0 Å². The van der Waals surface area contributed by atoms with Gasteiger partial charge in [-0.3, -0.25) is 4.90 Å². The number of hydrogen-bond acceptors (Lipinski definition) is 3. The average molecular weight is 298 g/mol. The van der Waals surface area contributed by atoms with Crippen LogP contribution >= 0.6 is 28.3 Å². The first-order valence-electron chi connectivity index (χ1n) is 4.58. The van der Waals surface area contributed by atoms with Gasteiger partial charge in [-0.25, -0.2) is 0 Å². The molecular formula is C10H18BrClN2O. The molecule has 0 aromatic carbocycles. The molecule has 0 saturated heterocycles. The predicted octanol–water partition coefficient (Wildman–Crippen LogP) is 2.63. The highest BCUT2D eigenvalue weighted by molar-refractivity contribution is 9.10. The third-order valence-corrected chi connectivity index (χ3v) is 2.16. The van der Waals surface area contributed by atoms with Gasteiger partial charge in [0, 0.05) is 12.1 Å². The number of nitrogens with two attached hydrogens (primary N) is 1. The fraction of sp³-hybridized carbons (Fsp3) is 0.600. The first kappa shape index (κ1) is 15.0. The zero-order valence-corrected chi connectivity index (χ0v) is 11.7. The molecule has 15 heavy (non-hydrogen) atoms. The summed E-state index contributed by atoms with van der Waals surface area (Å²) in [5, 5.41) is 0. The average Bonchev–Trinajstić information content (AvgIpc) is 2.30. The lowest BCUT2D eigenvalue weighted by Gasteiger charge is -2.25. The van der Waals surface area contributed by atoms with Crippen LogP contribution in [0.15, 0.2) is 21.2 Å². The summed E-state index contributed by atoms with van der Waals surface area (Å²) in [5.41, 5.74) is 5.75. The number of nitrogens with zero attached hydrogens (tertiary/aromatic N) is 1. The van der Waals surface area contributed by atoms with Crippen LogP contribution in [0.2, 0.25) is 0 Å². The van der Waals surface area contributed by atoms with Crippen LogP contribution in [-0.2, 0) is 6.54 Å². The van der Waals surface area contributed by atoms with E-state index >= 15 is 0 Å². The summed E-state index contributed by atoms with van der Waals surface area (Å²) in [4.78, 5) is 2.14. The normalized spacial score (nSPS) is 11.6. The van der Waals surface area contributed by atoms with E-state index in [1.165, 1.54) is 0 Å². The first-order chi connectivity index (χ1) is 6.37. The van der Waals surface area contributed by atoms with Crippen LogP contribution in [0.5, 0.6) is 0 Å². The van der Waals surface area contributed by atoms with Gasteiger partial charge in [0.05, 0.1) is 6.54 Å². The van der Waals surface area contributed by atoms with Crippen LogP contribution in [0.3, 0.4) is 0 Å². The van der Waals surface area contributed by atoms with E-state index in [1.807, 2.05) is 33.0 Å². The van der Waals surface area contributed by atoms with Crippen molar-refractivity contribution in [1.82, 2.24) is 4.90 Å². The zero-order chi connectivity index (χ0) is 10.8. The fourth-order valence-corrected chi connectivity index (χ4v) is 1.79. The maximum absolute atomic E-state index is 5.91. The maximum Gasteiger partial charge on any atom is 0.169 e. The van der Waals surface area contributed by atoms with Crippen LogP contribution in [0.1, 0.15) is 19.6 Å². The highest BCUT2D eigenvalue weighted by atomic mass is 79.9. The van der Waals surface area contributed by atoms with Gasteiger partial charge in [0.1, 0.15) is 5.76 Å². The maximum atomic E-state index is 5.91. The molecule has 0 unspecified atom stereocenters. The summed E-state index contributed by atoms with van der Waals surface area (Å²) in [7, 11) is 2.03. The number of halogens is 2. The topological polar surface area (TPSA) is 42.4 Å². The Hall–Kier alpha value is -0.0300. The first-order valence-corrected chi connectivity index (χ1v) is 5.38. The summed E-state index contributed by atoms with van der Waals surface area (Å²) in [6.45, 7) is 5.65. The van der Waals surface area contributed by atoms with Gasteiger partial charge in [0.25, 0.3) is 0 Å². The molecule has 5 heteroatoms. The molecule has 0 saturated carbocycles. The lowest BCUT2D eigenvalue weighted by Crippen LogP contribution is -2.43.